The molecule has 0 saturated heterocycles. The summed E-state index contributed by atoms with van der Waals surface area (Å²) < 4.78 is 2.31. The molecule has 3 nitrogen and oxygen atoms in total. The van der Waals surface area contributed by atoms with Crippen LogP contribution in [0.4, 0.5) is 0 Å². The minimum atomic E-state index is 0.507. The minimum Gasteiger partial charge on any atom is -0.326 e. The van der Waals surface area contributed by atoms with Crippen LogP contribution in [-0.2, 0) is 0 Å². The van der Waals surface area contributed by atoms with Gasteiger partial charge in [0.2, 0.25) is 0 Å². The zero-order chi connectivity index (χ0) is 12.1. The number of nitrogens with zero attached hydrogens (tertiary/aromatic N) is 2. The van der Waals surface area contributed by atoms with E-state index in [9.17, 15) is 0 Å². The number of imidazole rings is 1. The van der Waals surface area contributed by atoms with Gasteiger partial charge in [-0.3, -0.25) is 0 Å². The topological polar surface area (TPSA) is 29.9 Å². The lowest BCUT2D eigenvalue weighted by Crippen LogP contribution is -2.24. The first kappa shape index (κ1) is 12.1. The van der Waals surface area contributed by atoms with Gasteiger partial charge in [0.25, 0.3) is 0 Å². The molecule has 0 bridgehead atoms. The summed E-state index contributed by atoms with van der Waals surface area (Å²) in [6.45, 7) is 6.42. The maximum Gasteiger partial charge on any atom is 0.0961 e. The first-order valence-electron chi connectivity index (χ1n) is 6.49. The average Bonchev–Trinajstić information content (AvgIpc) is 2.78. The van der Waals surface area contributed by atoms with E-state index in [-0.39, 0.29) is 0 Å². The van der Waals surface area contributed by atoms with Gasteiger partial charge < -0.3 is 9.88 Å². The van der Waals surface area contributed by atoms with Crippen molar-refractivity contribution in [3.05, 3.63) is 30.6 Å². The number of fused-ring (bicyclic) bond motifs is 1. The number of likely N-dealkylation sites (N-methyl/N-ethyl adjacent to an activating group) is 1. The number of nitrogens with one attached hydrogen (secondary N) is 1. The molecule has 92 valence electrons. The van der Waals surface area contributed by atoms with Crippen molar-refractivity contribution < 1.29 is 0 Å². The van der Waals surface area contributed by atoms with Crippen LogP contribution in [-0.4, -0.2) is 22.6 Å². The summed E-state index contributed by atoms with van der Waals surface area (Å²) in [7, 11) is 0. The van der Waals surface area contributed by atoms with Crippen molar-refractivity contribution in [2.75, 3.05) is 13.1 Å². The molecule has 0 amide bonds. The van der Waals surface area contributed by atoms with Gasteiger partial charge in [-0.2, -0.15) is 0 Å². The van der Waals surface area contributed by atoms with Gasteiger partial charge in [0.15, 0.2) is 0 Å². The highest BCUT2D eigenvalue weighted by Crippen LogP contribution is 2.20. The molecule has 0 saturated carbocycles. The Balaban J connectivity index is 2.27. The van der Waals surface area contributed by atoms with Crippen molar-refractivity contribution in [2.24, 2.45) is 0 Å². The molecule has 1 N–H and O–H groups in total. The molecule has 3 heteroatoms. The number of aromatic nitrogens is 2. The maximum atomic E-state index is 4.47. The Kier molecular flexibility index (Phi) is 4.15. The molecule has 0 aliphatic heterocycles. The molecule has 1 aromatic heterocycles. The number of rotatable bonds is 6. The third kappa shape index (κ3) is 2.67. The fourth-order valence-corrected chi connectivity index (χ4v) is 2.25. The Morgan fingerprint density at radius 1 is 1.29 bits per heavy atom. The van der Waals surface area contributed by atoms with Crippen molar-refractivity contribution >= 4 is 11.0 Å². The van der Waals surface area contributed by atoms with Gasteiger partial charge in [0.05, 0.1) is 17.4 Å². The first-order valence-corrected chi connectivity index (χ1v) is 6.49. The number of hydrogen-bond donors (Lipinski definition) is 1. The molecule has 2 rings (SSSR count). The van der Waals surface area contributed by atoms with Crippen LogP contribution in [0.5, 0.6) is 0 Å². The van der Waals surface area contributed by atoms with Crippen molar-refractivity contribution in [1.82, 2.24) is 14.9 Å². The Morgan fingerprint density at radius 2 is 2.12 bits per heavy atom. The lowest BCUT2D eigenvalue weighted by Gasteiger charge is -2.19. The van der Waals surface area contributed by atoms with E-state index in [2.05, 4.69) is 46.9 Å². The van der Waals surface area contributed by atoms with E-state index in [1.54, 1.807) is 0 Å². The Bertz CT molecular complexity index is 461. The summed E-state index contributed by atoms with van der Waals surface area (Å²) in [5, 5.41) is 3.44. The molecule has 0 aliphatic rings. The van der Waals surface area contributed by atoms with Crippen LogP contribution >= 0.6 is 0 Å². The second-order valence-electron chi connectivity index (χ2n) is 4.39. The molecule has 1 atom stereocenters. The lowest BCUT2D eigenvalue weighted by atomic mass is 10.1. The van der Waals surface area contributed by atoms with Gasteiger partial charge in [0.1, 0.15) is 0 Å². The predicted octanol–water partition coefficient (Wildman–Crippen LogP) is 2.99. The average molecular weight is 231 g/mol. The normalized spacial score (nSPS) is 13.1. The monoisotopic (exact) mass is 231 g/mol. The van der Waals surface area contributed by atoms with Gasteiger partial charge in [-0.15, -0.1) is 0 Å². The highest BCUT2D eigenvalue weighted by atomic mass is 15.1. The van der Waals surface area contributed by atoms with Crippen molar-refractivity contribution in [3.8, 4) is 0 Å². The fraction of sp³-hybridized carbons (Fsp3) is 0.500. The summed E-state index contributed by atoms with van der Waals surface area (Å²) in [5.41, 5.74) is 2.33. The Labute approximate surface area is 103 Å². The van der Waals surface area contributed by atoms with Crippen LogP contribution in [0.1, 0.15) is 32.7 Å². The van der Waals surface area contributed by atoms with Crippen LogP contribution in [0.25, 0.3) is 11.0 Å². The van der Waals surface area contributed by atoms with Gasteiger partial charge in [-0.05, 0) is 25.1 Å². The maximum absolute atomic E-state index is 4.47. The molecular formula is C14H21N3. The predicted molar refractivity (Wildman–Crippen MR) is 72.2 cm³/mol. The number of benzene rings is 1. The van der Waals surface area contributed by atoms with Gasteiger partial charge >= 0.3 is 0 Å². The smallest absolute Gasteiger partial charge is 0.0961 e. The van der Waals surface area contributed by atoms with Gasteiger partial charge in [-0.25, -0.2) is 4.98 Å². The zero-order valence-electron chi connectivity index (χ0n) is 10.7. The SMILES string of the molecule is CCCC(CNCC)n1cnc2ccccc21. The zero-order valence-corrected chi connectivity index (χ0v) is 10.7. The van der Waals surface area contributed by atoms with Crippen LogP contribution in [0, 0.1) is 0 Å². The van der Waals surface area contributed by atoms with E-state index >= 15 is 0 Å². The van der Waals surface area contributed by atoms with Crippen LogP contribution in [0.15, 0.2) is 30.6 Å². The molecule has 2 aromatic rings. The molecule has 1 unspecified atom stereocenters. The third-order valence-electron chi connectivity index (χ3n) is 3.13. The molecule has 0 radical (unpaired) electrons. The van der Waals surface area contributed by atoms with E-state index in [4.69, 9.17) is 0 Å². The summed E-state index contributed by atoms with van der Waals surface area (Å²) in [6.07, 6.45) is 4.36. The highest BCUT2D eigenvalue weighted by molar-refractivity contribution is 5.75. The quantitative estimate of drug-likeness (QED) is 0.828. The molecule has 17 heavy (non-hydrogen) atoms. The lowest BCUT2D eigenvalue weighted by molar-refractivity contribution is 0.442. The fourth-order valence-electron chi connectivity index (χ4n) is 2.25. The van der Waals surface area contributed by atoms with E-state index in [1.807, 2.05) is 12.4 Å². The molecule has 1 aromatic carbocycles. The second-order valence-corrected chi connectivity index (χ2v) is 4.39. The van der Waals surface area contributed by atoms with Crippen LogP contribution < -0.4 is 5.32 Å². The van der Waals surface area contributed by atoms with Crippen LogP contribution in [0.3, 0.4) is 0 Å². The van der Waals surface area contributed by atoms with Crippen molar-refractivity contribution in [2.45, 2.75) is 32.7 Å². The summed E-state index contributed by atoms with van der Waals surface area (Å²) >= 11 is 0. The summed E-state index contributed by atoms with van der Waals surface area (Å²) in [6, 6.07) is 8.85. The Morgan fingerprint density at radius 3 is 2.88 bits per heavy atom. The van der Waals surface area contributed by atoms with E-state index in [0.29, 0.717) is 6.04 Å². The first-order chi connectivity index (χ1) is 8.36. The highest BCUT2D eigenvalue weighted by Gasteiger charge is 2.12. The molecule has 0 aliphatic carbocycles. The van der Waals surface area contributed by atoms with E-state index in [1.165, 1.54) is 18.4 Å². The van der Waals surface area contributed by atoms with E-state index in [0.717, 1.165) is 18.6 Å². The summed E-state index contributed by atoms with van der Waals surface area (Å²) in [4.78, 5) is 4.47. The number of para-hydroxylation sites is 2. The van der Waals surface area contributed by atoms with Crippen molar-refractivity contribution in [3.63, 3.8) is 0 Å². The molecule has 0 spiro atoms. The molecular weight excluding hydrogens is 210 g/mol. The number of hydrogen-bond acceptors (Lipinski definition) is 2. The molecule has 1 heterocycles. The largest absolute Gasteiger partial charge is 0.326 e. The standard InChI is InChI=1S/C14H21N3/c1-3-7-12(10-15-4-2)17-11-16-13-8-5-6-9-14(13)17/h5-6,8-9,11-12,15H,3-4,7,10H2,1-2H3. The second kappa shape index (κ2) is 5.82. The summed E-state index contributed by atoms with van der Waals surface area (Å²) in [5.74, 6) is 0. The van der Waals surface area contributed by atoms with Crippen LogP contribution in [0.2, 0.25) is 0 Å². The molecule has 0 fully saturated rings. The van der Waals surface area contributed by atoms with Gasteiger partial charge in [0, 0.05) is 12.6 Å². The Hall–Kier alpha value is -1.35. The third-order valence-corrected chi connectivity index (χ3v) is 3.13. The van der Waals surface area contributed by atoms with Crippen molar-refractivity contribution in [1.29, 1.82) is 0 Å². The minimum absolute atomic E-state index is 0.507. The van der Waals surface area contributed by atoms with E-state index < -0.39 is 0 Å². The van der Waals surface area contributed by atoms with Gasteiger partial charge in [-0.1, -0.05) is 32.4 Å².